The quantitative estimate of drug-likeness (QED) is 0.643. The molecule has 2 rings (SSSR count). The zero-order valence-electron chi connectivity index (χ0n) is 11.5. The third-order valence-electron chi connectivity index (χ3n) is 2.84. The fourth-order valence-electron chi connectivity index (χ4n) is 1.83. The summed E-state index contributed by atoms with van der Waals surface area (Å²) in [4.78, 5) is 10.3. The molecule has 0 fully saturated rings. The van der Waals surface area contributed by atoms with E-state index < -0.39 is 4.92 Å². The monoisotopic (exact) mass is 306 g/mol. The molecule has 110 valence electrons. The van der Waals surface area contributed by atoms with Crippen LogP contribution in [0.25, 0.3) is 0 Å². The minimum absolute atomic E-state index is 0.00491. The van der Waals surface area contributed by atoms with Crippen LogP contribution in [0.2, 0.25) is 5.02 Å². The molecule has 21 heavy (non-hydrogen) atoms. The molecular weight excluding hydrogens is 292 g/mol. The lowest BCUT2D eigenvalue weighted by Crippen LogP contribution is -2.12. The lowest BCUT2D eigenvalue weighted by molar-refractivity contribution is -0.384. The zero-order chi connectivity index (χ0) is 15.2. The van der Waals surface area contributed by atoms with Crippen molar-refractivity contribution in [1.29, 1.82) is 0 Å². The highest BCUT2D eigenvalue weighted by atomic mass is 35.5. The number of hydrogen-bond acceptors (Lipinski definition) is 4. The highest BCUT2D eigenvalue weighted by Gasteiger charge is 2.09. The maximum absolute atomic E-state index is 10.8. The van der Waals surface area contributed by atoms with E-state index >= 15 is 0 Å². The van der Waals surface area contributed by atoms with Crippen LogP contribution in [-0.4, -0.2) is 11.5 Å². The van der Waals surface area contributed by atoms with E-state index in [4.69, 9.17) is 16.3 Å². The van der Waals surface area contributed by atoms with Crippen LogP contribution in [0.4, 0.5) is 5.69 Å². The van der Waals surface area contributed by atoms with Crippen molar-refractivity contribution in [3.8, 4) is 11.5 Å². The molecule has 0 aromatic heterocycles. The Hall–Kier alpha value is -2.11. The molecule has 0 heterocycles. The largest absolute Gasteiger partial charge is 0.457 e. The van der Waals surface area contributed by atoms with Gasteiger partial charge in [0.1, 0.15) is 11.5 Å². The maximum atomic E-state index is 10.8. The molecule has 0 spiro atoms. The number of nitrogens with zero attached hydrogens (tertiary/aromatic N) is 1. The highest BCUT2D eigenvalue weighted by Crippen LogP contribution is 2.29. The Bertz CT molecular complexity index is 647. The van der Waals surface area contributed by atoms with E-state index in [2.05, 4.69) is 5.32 Å². The third-order valence-corrected chi connectivity index (χ3v) is 3.08. The molecule has 6 heteroatoms. The number of ether oxygens (including phenoxy) is 1. The fraction of sp³-hybridized carbons (Fsp3) is 0.200. The lowest BCUT2D eigenvalue weighted by Gasteiger charge is -2.12. The predicted octanol–water partition coefficient (Wildman–Crippen LogP) is 4.15. The van der Waals surface area contributed by atoms with Gasteiger partial charge >= 0.3 is 0 Å². The highest BCUT2D eigenvalue weighted by molar-refractivity contribution is 6.30. The number of nitro benzene ring substituents is 1. The number of benzene rings is 2. The molecule has 0 atom stereocenters. The van der Waals surface area contributed by atoms with Gasteiger partial charge in [0, 0.05) is 23.2 Å². The number of hydrogen-bond donors (Lipinski definition) is 1. The smallest absolute Gasteiger partial charge is 0.273 e. The van der Waals surface area contributed by atoms with E-state index in [1.807, 2.05) is 13.0 Å². The lowest BCUT2D eigenvalue weighted by atomic mass is 10.2. The van der Waals surface area contributed by atoms with Crippen LogP contribution < -0.4 is 10.1 Å². The summed E-state index contributed by atoms with van der Waals surface area (Å²) in [5, 5.41) is 14.6. The minimum Gasteiger partial charge on any atom is -0.457 e. The molecule has 0 amide bonds. The van der Waals surface area contributed by atoms with Crippen molar-refractivity contribution < 1.29 is 9.66 Å². The Balaban J connectivity index is 2.26. The summed E-state index contributed by atoms with van der Waals surface area (Å²) in [7, 11) is 0. The van der Waals surface area contributed by atoms with E-state index in [0.29, 0.717) is 23.1 Å². The van der Waals surface area contributed by atoms with Crippen molar-refractivity contribution in [2.75, 3.05) is 6.54 Å². The second kappa shape index (κ2) is 7.06. The second-order valence-corrected chi connectivity index (χ2v) is 4.83. The van der Waals surface area contributed by atoms with Gasteiger partial charge in [-0.2, -0.15) is 0 Å². The van der Waals surface area contributed by atoms with Crippen molar-refractivity contribution in [2.45, 2.75) is 13.5 Å². The first kappa shape index (κ1) is 15.3. The van der Waals surface area contributed by atoms with Gasteiger partial charge in [-0.25, -0.2) is 0 Å². The molecule has 5 nitrogen and oxygen atoms in total. The van der Waals surface area contributed by atoms with E-state index in [1.54, 1.807) is 24.3 Å². The van der Waals surface area contributed by atoms with E-state index in [9.17, 15) is 10.1 Å². The van der Waals surface area contributed by atoms with Gasteiger partial charge in [0.15, 0.2) is 0 Å². The molecule has 0 aliphatic heterocycles. The Labute approximate surface area is 127 Å². The summed E-state index contributed by atoms with van der Waals surface area (Å²) in [6, 6.07) is 11.4. The first-order chi connectivity index (χ1) is 10.1. The van der Waals surface area contributed by atoms with Crippen LogP contribution in [0.5, 0.6) is 11.5 Å². The number of nitrogens with one attached hydrogen (secondary N) is 1. The molecule has 2 aromatic rings. The van der Waals surface area contributed by atoms with Crippen molar-refractivity contribution in [1.82, 2.24) is 5.32 Å². The van der Waals surface area contributed by atoms with Gasteiger partial charge in [-0.15, -0.1) is 0 Å². The van der Waals surface area contributed by atoms with Gasteiger partial charge in [-0.3, -0.25) is 10.1 Å². The molecule has 0 saturated heterocycles. The molecule has 0 aliphatic rings. The SMILES string of the molecule is CCNCc1cc(Cl)ccc1Oc1cccc([N+](=O)[O-])c1. The number of non-ortho nitro benzene ring substituents is 1. The molecule has 2 aromatic carbocycles. The Morgan fingerprint density at radius 1 is 1.29 bits per heavy atom. The van der Waals surface area contributed by atoms with Gasteiger partial charge in [0.05, 0.1) is 11.0 Å². The van der Waals surface area contributed by atoms with E-state index in [0.717, 1.165) is 12.1 Å². The van der Waals surface area contributed by atoms with Crippen LogP contribution in [0.1, 0.15) is 12.5 Å². The Morgan fingerprint density at radius 2 is 2.10 bits per heavy atom. The van der Waals surface area contributed by atoms with Gasteiger partial charge < -0.3 is 10.1 Å². The third kappa shape index (κ3) is 4.18. The molecule has 0 bridgehead atoms. The zero-order valence-corrected chi connectivity index (χ0v) is 12.3. The standard InChI is InChI=1S/C15H15ClN2O3/c1-2-17-10-11-8-12(16)6-7-15(11)21-14-5-3-4-13(9-14)18(19)20/h3-9,17H,2,10H2,1H3. The first-order valence-corrected chi connectivity index (χ1v) is 6.89. The molecule has 0 aliphatic carbocycles. The topological polar surface area (TPSA) is 64.4 Å². The van der Waals surface area contributed by atoms with Crippen LogP contribution in [0.15, 0.2) is 42.5 Å². The van der Waals surface area contributed by atoms with Crippen LogP contribution in [0.3, 0.4) is 0 Å². The number of nitro groups is 1. The molecular formula is C15H15ClN2O3. The maximum Gasteiger partial charge on any atom is 0.273 e. The molecule has 0 saturated carbocycles. The van der Waals surface area contributed by atoms with Crippen LogP contribution >= 0.6 is 11.6 Å². The fourth-order valence-corrected chi connectivity index (χ4v) is 2.03. The summed E-state index contributed by atoms with van der Waals surface area (Å²) < 4.78 is 5.75. The average molecular weight is 307 g/mol. The summed E-state index contributed by atoms with van der Waals surface area (Å²) in [5.41, 5.74) is 0.894. The molecule has 0 unspecified atom stereocenters. The van der Waals surface area contributed by atoms with Crippen LogP contribution in [-0.2, 0) is 6.54 Å². The van der Waals surface area contributed by atoms with Gasteiger partial charge in [0.2, 0.25) is 0 Å². The van der Waals surface area contributed by atoms with E-state index in [1.165, 1.54) is 12.1 Å². The Morgan fingerprint density at radius 3 is 2.81 bits per heavy atom. The van der Waals surface area contributed by atoms with Crippen molar-refractivity contribution >= 4 is 17.3 Å². The summed E-state index contributed by atoms with van der Waals surface area (Å²) in [6.45, 7) is 3.44. The normalized spacial score (nSPS) is 10.4. The van der Waals surface area contributed by atoms with Gasteiger partial charge in [-0.05, 0) is 30.8 Å². The average Bonchev–Trinajstić information content (AvgIpc) is 2.47. The summed E-state index contributed by atoms with van der Waals surface area (Å²) >= 11 is 5.99. The van der Waals surface area contributed by atoms with Gasteiger partial charge in [0.25, 0.3) is 5.69 Å². The van der Waals surface area contributed by atoms with E-state index in [-0.39, 0.29) is 5.69 Å². The summed E-state index contributed by atoms with van der Waals surface area (Å²) in [6.07, 6.45) is 0. The predicted molar refractivity (Wildman–Crippen MR) is 82.0 cm³/mol. The molecule has 0 radical (unpaired) electrons. The van der Waals surface area contributed by atoms with Crippen molar-refractivity contribution in [2.24, 2.45) is 0 Å². The minimum atomic E-state index is -0.450. The second-order valence-electron chi connectivity index (χ2n) is 4.39. The number of halogens is 1. The van der Waals surface area contributed by atoms with Crippen molar-refractivity contribution in [3.05, 3.63) is 63.2 Å². The van der Waals surface area contributed by atoms with Crippen LogP contribution in [0, 0.1) is 10.1 Å². The van der Waals surface area contributed by atoms with Gasteiger partial charge in [-0.1, -0.05) is 24.6 Å². The first-order valence-electron chi connectivity index (χ1n) is 6.51. The number of rotatable bonds is 6. The van der Waals surface area contributed by atoms with Crippen molar-refractivity contribution in [3.63, 3.8) is 0 Å². The summed E-state index contributed by atoms with van der Waals surface area (Å²) in [5.74, 6) is 1.05. The molecule has 1 N–H and O–H groups in total. The Kier molecular flexibility index (Phi) is 5.14.